The maximum absolute atomic E-state index is 13.9. The Kier molecular flexibility index (Phi) is 5.04. The van der Waals surface area contributed by atoms with E-state index in [0.717, 1.165) is 16.8 Å². The number of rotatable bonds is 2. The highest BCUT2D eigenvalue weighted by molar-refractivity contribution is 6.08. The summed E-state index contributed by atoms with van der Waals surface area (Å²) in [7, 11) is 0. The third-order valence-corrected chi connectivity index (χ3v) is 5.60. The normalized spacial score (nSPS) is 12.4. The van der Waals surface area contributed by atoms with Crippen LogP contribution in [-0.4, -0.2) is 10.2 Å². The highest BCUT2D eigenvalue weighted by atomic mass is 19.4. The van der Waals surface area contributed by atoms with Gasteiger partial charge in [0.2, 0.25) is 0 Å². The lowest BCUT2D eigenvalue weighted by Crippen LogP contribution is -2.12. The van der Waals surface area contributed by atoms with Crippen molar-refractivity contribution in [3.63, 3.8) is 0 Å². The fraction of sp³-hybridized carbons (Fsp3) is 0.0769. The average molecular weight is 468 g/mol. The molecule has 34 heavy (non-hydrogen) atoms. The summed E-state index contributed by atoms with van der Waals surface area (Å²) in [6, 6.07) is 21.4. The minimum atomic E-state index is -5.03. The zero-order valence-corrected chi connectivity index (χ0v) is 17.2. The molecule has 5 aromatic rings. The Morgan fingerprint density at radius 2 is 1.09 bits per heavy atom. The van der Waals surface area contributed by atoms with Gasteiger partial charge in [-0.3, -0.25) is 0 Å². The third kappa shape index (κ3) is 3.85. The van der Waals surface area contributed by atoms with E-state index in [1.807, 2.05) is 24.3 Å². The van der Waals surface area contributed by atoms with E-state index in [1.165, 1.54) is 0 Å². The van der Waals surface area contributed by atoms with Crippen molar-refractivity contribution in [3.8, 4) is 22.5 Å². The van der Waals surface area contributed by atoms with Crippen LogP contribution < -0.4 is 0 Å². The second kappa shape index (κ2) is 7.83. The largest absolute Gasteiger partial charge is 0.417 e. The molecule has 0 aliphatic carbocycles. The molecule has 0 saturated heterocycles. The summed E-state index contributed by atoms with van der Waals surface area (Å²) in [4.78, 5) is 0. The van der Waals surface area contributed by atoms with Crippen LogP contribution in [-0.2, 0) is 12.4 Å². The first kappa shape index (κ1) is 21.9. The zero-order valence-electron chi connectivity index (χ0n) is 17.2. The monoisotopic (exact) mass is 468 g/mol. The van der Waals surface area contributed by atoms with Gasteiger partial charge in [-0.1, -0.05) is 60.7 Å². The summed E-state index contributed by atoms with van der Waals surface area (Å²) in [6.07, 6.45) is -9.95. The number of hydrogen-bond donors (Lipinski definition) is 0. The van der Waals surface area contributed by atoms with Gasteiger partial charge in [0.05, 0.1) is 11.1 Å². The molecule has 0 bridgehead atoms. The van der Waals surface area contributed by atoms with Crippen LogP contribution >= 0.6 is 0 Å². The second-order valence-corrected chi connectivity index (χ2v) is 7.76. The van der Waals surface area contributed by atoms with Crippen LogP contribution in [0, 0.1) is 0 Å². The minimum Gasteiger partial charge on any atom is -0.166 e. The predicted molar refractivity (Wildman–Crippen MR) is 118 cm³/mol. The van der Waals surface area contributed by atoms with Crippen molar-refractivity contribution in [2.75, 3.05) is 0 Å². The van der Waals surface area contributed by atoms with E-state index in [4.69, 9.17) is 0 Å². The van der Waals surface area contributed by atoms with Crippen molar-refractivity contribution in [1.29, 1.82) is 0 Å². The van der Waals surface area contributed by atoms with Crippen LogP contribution in [0.2, 0.25) is 0 Å². The number of hydrogen-bond acceptors (Lipinski definition) is 2. The second-order valence-electron chi connectivity index (χ2n) is 7.76. The molecular weight excluding hydrogens is 454 g/mol. The summed E-state index contributed by atoms with van der Waals surface area (Å²) >= 11 is 0. The van der Waals surface area contributed by atoms with Gasteiger partial charge in [0.1, 0.15) is 11.4 Å². The molecule has 0 atom stereocenters. The van der Waals surface area contributed by atoms with Crippen molar-refractivity contribution in [2.45, 2.75) is 12.4 Å². The van der Waals surface area contributed by atoms with Gasteiger partial charge in [-0.25, -0.2) is 0 Å². The Hall–Kier alpha value is -3.94. The van der Waals surface area contributed by atoms with Crippen LogP contribution in [0.1, 0.15) is 11.1 Å². The van der Waals surface area contributed by atoms with Crippen molar-refractivity contribution in [1.82, 2.24) is 10.2 Å². The van der Waals surface area contributed by atoms with Gasteiger partial charge in [0.25, 0.3) is 0 Å². The summed E-state index contributed by atoms with van der Waals surface area (Å²) in [5, 5.41) is 10.8. The molecule has 2 nitrogen and oxygen atoms in total. The van der Waals surface area contributed by atoms with Gasteiger partial charge >= 0.3 is 12.4 Å². The number of fused-ring (bicyclic) bond motifs is 2. The summed E-state index contributed by atoms with van der Waals surface area (Å²) in [5.41, 5.74) is -2.23. The van der Waals surface area contributed by atoms with E-state index in [0.29, 0.717) is 28.1 Å². The Balaban J connectivity index is 1.86. The molecule has 0 amide bonds. The molecule has 4 aromatic carbocycles. The fourth-order valence-corrected chi connectivity index (χ4v) is 4.01. The lowest BCUT2D eigenvalue weighted by Gasteiger charge is -2.17. The van der Waals surface area contributed by atoms with Crippen molar-refractivity contribution < 1.29 is 26.3 Å². The minimum absolute atomic E-state index is 0.120. The molecule has 0 unspecified atom stereocenters. The standard InChI is InChI=1S/C26H14F6N2/c27-25(28,29)18-10-11-19(22(14-18)26(30,31)32)24-21-13-17-9-5-4-8-16(17)12-20(21)23(33-34-24)15-6-2-1-3-7-15/h1-14H. The topological polar surface area (TPSA) is 25.8 Å². The van der Waals surface area contributed by atoms with Gasteiger partial charge in [-0.2, -0.15) is 26.3 Å². The van der Waals surface area contributed by atoms with Crippen LogP contribution in [0.25, 0.3) is 44.1 Å². The van der Waals surface area contributed by atoms with Crippen LogP contribution in [0.4, 0.5) is 26.3 Å². The van der Waals surface area contributed by atoms with E-state index in [2.05, 4.69) is 10.2 Å². The molecule has 0 aliphatic heterocycles. The first-order valence-corrected chi connectivity index (χ1v) is 10.2. The molecule has 0 fully saturated rings. The quantitative estimate of drug-likeness (QED) is 0.193. The van der Waals surface area contributed by atoms with Crippen molar-refractivity contribution >= 4 is 21.5 Å². The molecule has 0 saturated carbocycles. The number of aromatic nitrogens is 2. The van der Waals surface area contributed by atoms with Gasteiger partial charge in [0.15, 0.2) is 0 Å². The number of nitrogens with zero attached hydrogens (tertiary/aromatic N) is 2. The van der Waals surface area contributed by atoms with Crippen molar-refractivity contribution in [2.24, 2.45) is 0 Å². The summed E-state index contributed by atoms with van der Waals surface area (Å²) in [6.45, 7) is 0. The van der Waals surface area contributed by atoms with Crippen LogP contribution in [0.5, 0.6) is 0 Å². The maximum atomic E-state index is 13.9. The number of alkyl halides is 6. The molecule has 1 heterocycles. The van der Waals surface area contributed by atoms with Crippen LogP contribution in [0.3, 0.4) is 0 Å². The van der Waals surface area contributed by atoms with E-state index in [1.54, 1.807) is 42.5 Å². The zero-order chi connectivity index (χ0) is 24.1. The molecule has 0 spiro atoms. The van der Waals surface area contributed by atoms with Gasteiger partial charge < -0.3 is 0 Å². The first-order valence-electron chi connectivity index (χ1n) is 10.2. The number of benzene rings is 4. The third-order valence-electron chi connectivity index (χ3n) is 5.60. The lowest BCUT2D eigenvalue weighted by molar-refractivity contribution is -0.142. The Bertz CT molecular complexity index is 1520. The Morgan fingerprint density at radius 1 is 0.529 bits per heavy atom. The summed E-state index contributed by atoms with van der Waals surface area (Å²) in [5.74, 6) is 0. The van der Waals surface area contributed by atoms with E-state index >= 15 is 0 Å². The van der Waals surface area contributed by atoms with E-state index in [9.17, 15) is 26.3 Å². The molecule has 170 valence electrons. The van der Waals surface area contributed by atoms with Gasteiger partial charge in [-0.05, 0) is 35.0 Å². The predicted octanol–water partition coefficient (Wildman–Crippen LogP) is 8.15. The van der Waals surface area contributed by atoms with E-state index in [-0.39, 0.29) is 11.8 Å². The van der Waals surface area contributed by atoms with Gasteiger partial charge in [0, 0.05) is 21.9 Å². The molecule has 0 aliphatic rings. The van der Waals surface area contributed by atoms with Crippen LogP contribution in [0.15, 0.2) is 84.9 Å². The number of halogens is 6. The molecule has 8 heteroatoms. The highest BCUT2D eigenvalue weighted by Gasteiger charge is 2.39. The fourth-order valence-electron chi connectivity index (χ4n) is 4.01. The lowest BCUT2D eigenvalue weighted by atomic mass is 9.94. The average Bonchev–Trinajstić information content (AvgIpc) is 2.81. The Morgan fingerprint density at radius 3 is 1.68 bits per heavy atom. The SMILES string of the molecule is FC(F)(F)c1ccc(-c2nnc(-c3ccccc3)c3cc4ccccc4cc23)c(C(F)(F)F)c1. The highest BCUT2D eigenvalue weighted by Crippen LogP contribution is 2.43. The van der Waals surface area contributed by atoms with Crippen molar-refractivity contribution in [3.05, 3.63) is 96.1 Å². The van der Waals surface area contributed by atoms with E-state index < -0.39 is 29.0 Å². The molecule has 5 rings (SSSR count). The smallest absolute Gasteiger partial charge is 0.166 e. The first-order chi connectivity index (χ1) is 16.1. The maximum Gasteiger partial charge on any atom is 0.417 e. The molecule has 0 radical (unpaired) electrons. The molecular formula is C26H14F6N2. The van der Waals surface area contributed by atoms with Gasteiger partial charge in [-0.15, -0.1) is 10.2 Å². The molecule has 1 aromatic heterocycles. The molecule has 0 N–H and O–H groups in total. The summed E-state index contributed by atoms with van der Waals surface area (Å²) < 4.78 is 81.1. The Labute approximate surface area is 189 Å².